The second kappa shape index (κ2) is 15.6. The molecule has 0 radical (unpaired) electrons. The van der Waals surface area contributed by atoms with Crippen molar-refractivity contribution in [2.24, 2.45) is 22.5 Å². The number of carboxylic acid groups (broad SMARTS) is 1. The van der Waals surface area contributed by atoms with Crippen LogP contribution in [0.25, 0.3) is 0 Å². The Kier molecular flexibility index (Phi) is 13.6. The second-order valence-corrected chi connectivity index (χ2v) is 12.8. The van der Waals surface area contributed by atoms with Crippen LogP contribution in [0, 0.1) is 16.7 Å². The fraction of sp³-hybridized carbons (Fsp3) is 0.667. The molecule has 1 aromatic carbocycles. The highest BCUT2D eigenvalue weighted by atomic mass is 16.7. The minimum absolute atomic E-state index is 0.0422. The molecule has 12 heteroatoms. The SMILES string of the molecule is CCC(C)OC(=O)OC(C)C(C)C(c1ccc(OC(=O)OCC(C)(C)C)c(OC(=O)OCC(C)(C)C)c1)[C@H](N)C(=O)O. The van der Waals surface area contributed by atoms with E-state index in [1.54, 1.807) is 20.8 Å². The van der Waals surface area contributed by atoms with Crippen LogP contribution in [0.4, 0.5) is 14.4 Å². The Balaban J connectivity index is 3.42. The minimum Gasteiger partial charge on any atom is -0.480 e. The van der Waals surface area contributed by atoms with Gasteiger partial charge in [-0.05, 0) is 48.8 Å². The molecule has 0 aromatic heterocycles. The fourth-order valence-electron chi connectivity index (χ4n) is 3.50. The molecule has 5 atom stereocenters. The van der Waals surface area contributed by atoms with Crippen molar-refractivity contribution < 1.29 is 52.7 Å². The number of carbonyl (C=O) groups excluding carboxylic acids is 3. The monoisotopic (exact) mass is 597 g/mol. The lowest BCUT2D eigenvalue weighted by Gasteiger charge is -2.31. The van der Waals surface area contributed by atoms with Crippen LogP contribution >= 0.6 is 0 Å². The molecule has 0 aliphatic rings. The maximum atomic E-state index is 12.5. The summed E-state index contributed by atoms with van der Waals surface area (Å²) >= 11 is 0. The molecule has 1 rings (SSSR count). The molecule has 3 N–H and O–H groups in total. The standard InChI is InChI=1S/C30H47NO11/c1-11-17(2)39-28(36)40-19(4)18(3)23(24(31)25(32)33)20-12-13-21(41-26(34)37-15-29(5,6)7)22(14-20)42-27(35)38-16-30(8,9)10/h12-14,17-19,23-24H,11,15-16,31H2,1-10H3,(H,32,33)/t17?,18?,19?,23?,24-/m0/s1. The molecule has 0 aliphatic heterocycles. The maximum Gasteiger partial charge on any atom is 0.513 e. The molecule has 238 valence electrons. The normalized spacial score (nSPS) is 15.3. The van der Waals surface area contributed by atoms with E-state index in [0.29, 0.717) is 12.0 Å². The van der Waals surface area contributed by atoms with Crippen LogP contribution in [-0.4, -0.2) is 61.0 Å². The predicted molar refractivity (Wildman–Crippen MR) is 154 cm³/mol. The molecule has 0 fully saturated rings. The van der Waals surface area contributed by atoms with Crippen molar-refractivity contribution in [1.82, 2.24) is 0 Å². The lowest BCUT2D eigenvalue weighted by atomic mass is 9.79. The van der Waals surface area contributed by atoms with E-state index in [4.69, 9.17) is 34.2 Å². The van der Waals surface area contributed by atoms with Crippen LogP contribution in [0.5, 0.6) is 11.5 Å². The third-order valence-electron chi connectivity index (χ3n) is 6.12. The van der Waals surface area contributed by atoms with Gasteiger partial charge in [0, 0.05) is 11.8 Å². The van der Waals surface area contributed by atoms with Gasteiger partial charge in [-0.25, -0.2) is 14.4 Å². The molecule has 0 spiro atoms. The molecule has 0 saturated heterocycles. The molecule has 0 amide bonds. The van der Waals surface area contributed by atoms with Gasteiger partial charge in [-0.2, -0.15) is 0 Å². The smallest absolute Gasteiger partial charge is 0.480 e. The van der Waals surface area contributed by atoms with Gasteiger partial charge in [0.15, 0.2) is 11.5 Å². The Morgan fingerprint density at radius 3 is 1.76 bits per heavy atom. The Morgan fingerprint density at radius 2 is 1.31 bits per heavy atom. The van der Waals surface area contributed by atoms with Gasteiger partial charge in [-0.1, -0.05) is 61.5 Å². The number of rotatable bonds is 12. The lowest BCUT2D eigenvalue weighted by molar-refractivity contribution is -0.139. The molecule has 0 bridgehead atoms. The molecule has 0 heterocycles. The topological polar surface area (TPSA) is 170 Å². The summed E-state index contributed by atoms with van der Waals surface area (Å²) in [5.41, 5.74) is 5.74. The zero-order chi connectivity index (χ0) is 32.4. The van der Waals surface area contributed by atoms with Gasteiger partial charge in [0.1, 0.15) is 18.2 Å². The molecule has 0 aliphatic carbocycles. The first-order valence-electron chi connectivity index (χ1n) is 13.9. The number of benzene rings is 1. The van der Waals surface area contributed by atoms with Crippen molar-refractivity contribution in [3.05, 3.63) is 23.8 Å². The second-order valence-electron chi connectivity index (χ2n) is 12.8. The zero-order valence-corrected chi connectivity index (χ0v) is 26.3. The van der Waals surface area contributed by atoms with Gasteiger partial charge in [-0.3, -0.25) is 4.79 Å². The summed E-state index contributed by atoms with van der Waals surface area (Å²) in [5.74, 6) is -3.28. The Morgan fingerprint density at radius 1 is 0.810 bits per heavy atom. The first-order valence-corrected chi connectivity index (χ1v) is 13.9. The number of aliphatic carboxylic acids is 1. The van der Waals surface area contributed by atoms with E-state index in [2.05, 4.69) is 0 Å². The van der Waals surface area contributed by atoms with Gasteiger partial charge < -0.3 is 39.3 Å². The van der Waals surface area contributed by atoms with Gasteiger partial charge in [-0.15, -0.1) is 0 Å². The minimum atomic E-state index is -1.44. The number of hydrogen-bond donors (Lipinski definition) is 2. The average molecular weight is 598 g/mol. The zero-order valence-electron chi connectivity index (χ0n) is 26.3. The van der Waals surface area contributed by atoms with Crippen molar-refractivity contribution in [2.75, 3.05) is 13.2 Å². The van der Waals surface area contributed by atoms with Crippen LogP contribution in [0.3, 0.4) is 0 Å². The van der Waals surface area contributed by atoms with Crippen LogP contribution in [0.1, 0.15) is 87.1 Å². The summed E-state index contributed by atoms with van der Waals surface area (Å²) in [7, 11) is 0. The van der Waals surface area contributed by atoms with Crippen LogP contribution in [0.2, 0.25) is 0 Å². The summed E-state index contributed by atoms with van der Waals surface area (Å²) in [6.45, 7) is 18.1. The third-order valence-corrected chi connectivity index (χ3v) is 6.12. The summed E-state index contributed by atoms with van der Waals surface area (Å²) < 4.78 is 31.6. The average Bonchev–Trinajstić information content (AvgIpc) is 2.86. The van der Waals surface area contributed by atoms with Crippen molar-refractivity contribution in [1.29, 1.82) is 0 Å². The van der Waals surface area contributed by atoms with E-state index in [0.717, 1.165) is 0 Å². The largest absolute Gasteiger partial charge is 0.513 e. The van der Waals surface area contributed by atoms with E-state index in [1.165, 1.54) is 18.2 Å². The fourth-order valence-corrected chi connectivity index (χ4v) is 3.50. The predicted octanol–water partition coefficient (Wildman–Crippen LogP) is 6.28. The maximum absolute atomic E-state index is 12.5. The van der Waals surface area contributed by atoms with E-state index < -0.39 is 48.4 Å². The quantitative estimate of drug-likeness (QED) is 0.157. The molecule has 0 saturated carbocycles. The number of carboxylic acids is 1. The number of carbonyl (C=O) groups is 4. The van der Waals surface area contributed by atoms with Crippen LogP contribution < -0.4 is 15.2 Å². The molecule has 12 nitrogen and oxygen atoms in total. The Labute approximate surface area is 248 Å². The van der Waals surface area contributed by atoms with Gasteiger partial charge in [0.25, 0.3) is 0 Å². The van der Waals surface area contributed by atoms with Gasteiger partial charge in [0.05, 0.1) is 13.2 Å². The highest BCUT2D eigenvalue weighted by Crippen LogP contribution is 2.37. The van der Waals surface area contributed by atoms with Crippen molar-refractivity contribution >= 4 is 24.4 Å². The van der Waals surface area contributed by atoms with Crippen LogP contribution in [0.15, 0.2) is 18.2 Å². The highest BCUT2D eigenvalue weighted by molar-refractivity contribution is 5.75. The van der Waals surface area contributed by atoms with Crippen LogP contribution in [-0.2, 0) is 23.7 Å². The van der Waals surface area contributed by atoms with E-state index in [-0.39, 0.29) is 41.6 Å². The van der Waals surface area contributed by atoms with E-state index in [9.17, 15) is 24.3 Å². The van der Waals surface area contributed by atoms with Gasteiger partial charge in [0.2, 0.25) is 0 Å². The summed E-state index contributed by atoms with van der Waals surface area (Å²) in [4.78, 5) is 49.2. The number of nitrogens with two attached hydrogens (primary N) is 1. The summed E-state index contributed by atoms with van der Waals surface area (Å²) in [6, 6.07) is 2.70. The molecule has 4 unspecified atom stereocenters. The van der Waals surface area contributed by atoms with Crippen molar-refractivity contribution in [3.63, 3.8) is 0 Å². The molecular weight excluding hydrogens is 550 g/mol. The first-order chi connectivity index (χ1) is 19.2. The Hall–Kier alpha value is -3.54. The number of ether oxygens (including phenoxy) is 6. The van der Waals surface area contributed by atoms with E-state index >= 15 is 0 Å². The van der Waals surface area contributed by atoms with Crippen molar-refractivity contribution in [3.8, 4) is 11.5 Å². The number of hydrogen-bond acceptors (Lipinski definition) is 11. The summed E-state index contributed by atoms with van der Waals surface area (Å²) in [6.07, 6.45) is -3.58. The Bertz CT molecular complexity index is 1070. The highest BCUT2D eigenvalue weighted by Gasteiger charge is 2.36. The molecule has 1 aromatic rings. The summed E-state index contributed by atoms with van der Waals surface area (Å²) in [5, 5.41) is 9.79. The molecule has 42 heavy (non-hydrogen) atoms. The van der Waals surface area contributed by atoms with Gasteiger partial charge >= 0.3 is 24.4 Å². The lowest BCUT2D eigenvalue weighted by Crippen LogP contribution is -2.42. The van der Waals surface area contributed by atoms with E-state index in [1.807, 2.05) is 48.5 Å². The third kappa shape index (κ3) is 13.0. The first kappa shape index (κ1) is 36.5. The molecular formula is C30H47NO11. The van der Waals surface area contributed by atoms with Crippen molar-refractivity contribution in [2.45, 2.75) is 99.8 Å².